The molecule has 0 saturated carbocycles. The van der Waals surface area contributed by atoms with Gasteiger partial charge in [-0.1, -0.05) is 12.1 Å². The van der Waals surface area contributed by atoms with E-state index in [-0.39, 0.29) is 12.5 Å². The summed E-state index contributed by atoms with van der Waals surface area (Å²) in [5.41, 5.74) is 0.657. The highest BCUT2D eigenvalue weighted by Gasteiger charge is 2.07. The van der Waals surface area contributed by atoms with Crippen molar-refractivity contribution in [3.8, 4) is 5.75 Å². The molecular formula is C12H14N4O2. The van der Waals surface area contributed by atoms with Gasteiger partial charge < -0.3 is 10.1 Å². The number of ether oxygens (including phenoxy) is 1. The summed E-state index contributed by atoms with van der Waals surface area (Å²) in [5, 5.41) is 6.65. The first-order valence-electron chi connectivity index (χ1n) is 5.63. The minimum atomic E-state index is -0.173. The minimum absolute atomic E-state index is 0.125. The number of amides is 1. The van der Waals surface area contributed by atoms with Crippen molar-refractivity contribution in [3.63, 3.8) is 0 Å². The number of anilines is 1. The second-order valence-electron chi connectivity index (χ2n) is 3.57. The summed E-state index contributed by atoms with van der Waals surface area (Å²) in [5.74, 6) is 0.486. The Hall–Kier alpha value is -2.37. The molecule has 94 valence electrons. The van der Waals surface area contributed by atoms with Crippen molar-refractivity contribution in [1.82, 2.24) is 14.8 Å². The number of hydrogen-bond acceptors (Lipinski definition) is 4. The maximum Gasteiger partial charge on any atom is 0.246 e. The van der Waals surface area contributed by atoms with Crippen LogP contribution in [0.5, 0.6) is 5.75 Å². The fourth-order valence-corrected chi connectivity index (χ4v) is 1.50. The molecule has 0 aliphatic carbocycles. The van der Waals surface area contributed by atoms with Crippen LogP contribution >= 0.6 is 0 Å². The van der Waals surface area contributed by atoms with E-state index in [1.54, 1.807) is 6.07 Å². The predicted molar refractivity (Wildman–Crippen MR) is 66.3 cm³/mol. The van der Waals surface area contributed by atoms with Crippen LogP contribution in [0.3, 0.4) is 0 Å². The molecule has 0 spiro atoms. The average Bonchev–Trinajstić information content (AvgIpc) is 2.84. The highest BCUT2D eigenvalue weighted by atomic mass is 16.5. The Morgan fingerprint density at radius 1 is 1.44 bits per heavy atom. The lowest BCUT2D eigenvalue weighted by Crippen LogP contribution is -2.19. The number of carbonyl (C=O) groups excluding carboxylic acids is 1. The van der Waals surface area contributed by atoms with Gasteiger partial charge in [0, 0.05) is 0 Å². The summed E-state index contributed by atoms with van der Waals surface area (Å²) >= 11 is 0. The zero-order valence-corrected chi connectivity index (χ0v) is 10.0. The van der Waals surface area contributed by atoms with E-state index in [0.717, 1.165) is 0 Å². The van der Waals surface area contributed by atoms with Crippen LogP contribution < -0.4 is 10.1 Å². The zero-order chi connectivity index (χ0) is 12.8. The fourth-order valence-electron chi connectivity index (χ4n) is 1.50. The molecule has 1 amide bonds. The molecule has 0 bridgehead atoms. The van der Waals surface area contributed by atoms with Crippen molar-refractivity contribution < 1.29 is 9.53 Å². The second kappa shape index (κ2) is 5.81. The normalized spacial score (nSPS) is 10.1. The van der Waals surface area contributed by atoms with Crippen LogP contribution in [0, 0.1) is 0 Å². The molecule has 6 nitrogen and oxygen atoms in total. The highest BCUT2D eigenvalue weighted by Crippen LogP contribution is 2.23. The number of para-hydroxylation sites is 2. The van der Waals surface area contributed by atoms with E-state index in [2.05, 4.69) is 15.4 Å². The van der Waals surface area contributed by atoms with Gasteiger partial charge in [0.15, 0.2) is 0 Å². The molecule has 0 aliphatic rings. The third kappa shape index (κ3) is 3.07. The van der Waals surface area contributed by atoms with E-state index < -0.39 is 0 Å². The van der Waals surface area contributed by atoms with Gasteiger partial charge in [-0.3, -0.25) is 4.79 Å². The van der Waals surface area contributed by atoms with Crippen LogP contribution in [0.15, 0.2) is 36.9 Å². The van der Waals surface area contributed by atoms with Gasteiger partial charge >= 0.3 is 0 Å². The third-order valence-electron chi connectivity index (χ3n) is 2.23. The summed E-state index contributed by atoms with van der Waals surface area (Å²) in [6, 6.07) is 7.31. The molecule has 1 heterocycles. The van der Waals surface area contributed by atoms with Gasteiger partial charge in [-0.15, -0.1) is 0 Å². The SMILES string of the molecule is CCOc1ccccc1NC(=O)Cn1cncn1. The Balaban J connectivity index is 2.02. The van der Waals surface area contributed by atoms with Gasteiger partial charge in [-0.25, -0.2) is 9.67 Å². The fraction of sp³-hybridized carbons (Fsp3) is 0.250. The quantitative estimate of drug-likeness (QED) is 0.863. The van der Waals surface area contributed by atoms with Gasteiger partial charge in [0.05, 0.1) is 12.3 Å². The van der Waals surface area contributed by atoms with Crippen LogP contribution in [-0.2, 0) is 11.3 Å². The summed E-state index contributed by atoms with van der Waals surface area (Å²) in [6.45, 7) is 2.57. The lowest BCUT2D eigenvalue weighted by molar-refractivity contribution is -0.116. The number of nitrogens with one attached hydrogen (secondary N) is 1. The van der Waals surface area contributed by atoms with Crippen molar-refractivity contribution in [2.75, 3.05) is 11.9 Å². The number of rotatable bonds is 5. The molecule has 2 rings (SSSR count). The lowest BCUT2D eigenvalue weighted by Gasteiger charge is -2.10. The van der Waals surface area contributed by atoms with Crippen LogP contribution in [-0.4, -0.2) is 27.3 Å². The number of aromatic nitrogens is 3. The molecule has 18 heavy (non-hydrogen) atoms. The Morgan fingerprint density at radius 3 is 3.00 bits per heavy atom. The summed E-state index contributed by atoms with van der Waals surface area (Å²) in [6.07, 6.45) is 2.88. The van der Waals surface area contributed by atoms with Crippen LogP contribution in [0.2, 0.25) is 0 Å². The van der Waals surface area contributed by atoms with Gasteiger partial charge in [-0.2, -0.15) is 5.10 Å². The first kappa shape index (κ1) is 12.1. The monoisotopic (exact) mass is 246 g/mol. The highest BCUT2D eigenvalue weighted by molar-refractivity contribution is 5.92. The summed E-state index contributed by atoms with van der Waals surface area (Å²) in [7, 11) is 0. The molecule has 0 atom stereocenters. The maximum absolute atomic E-state index is 11.8. The van der Waals surface area contributed by atoms with Crippen molar-refractivity contribution in [2.24, 2.45) is 0 Å². The first-order chi connectivity index (χ1) is 8.79. The van der Waals surface area contributed by atoms with Gasteiger partial charge in [-0.05, 0) is 19.1 Å². The van der Waals surface area contributed by atoms with Crippen molar-refractivity contribution in [3.05, 3.63) is 36.9 Å². The molecule has 1 aromatic carbocycles. The number of nitrogens with zero attached hydrogens (tertiary/aromatic N) is 3. The molecule has 0 radical (unpaired) electrons. The zero-order valence-electron chi connectivity index (χ0n) is 10.0. The standard InChI is InChI=1S/C12H14N4O2/c1-2-18-11-6-4-3-5-10(11)15-12(17)7-16-9-13-8-14-16/h3-6,8-9H,2,7H2,1H3,(H,15,17). The lowest BCUT2D eigenvalue weighted by atomic mass is 10.3. The minimum Gasteiger partial charge on any atom is -0.492 e. The first-order valence-corrected chi connectivity index (χ1v) is 5.63. The van der Waals surface area contributed by atoms with E-state index in [4.69, 9.17) is 4.74 Å². The van der Waals surface area contributed by atoms with Gasteiger partial charge in [0.25, 0.3) is 0 Å². The molecule has 0 saturated heterocycles. The van der Waals surface area contributed by atoms with E-state index in [1.807, 2.05) is 25.1 Å². The van der Waals surface area contributed by atoms with E-state index in [1.165, 1.54) is 17.3 Å². The Labute approximate surface area is 105 Å². The van der Waals surface area contributed by atoms with Crippen molar-refractivity contribution in [1.29, 1.82) is 0 Å². The molecule has 0 aliphatic heterocycles. The second-order valence-corrected chi connectivity index (χ2v) is 3.57. The third-order valence-corrected chi connectivity index (χ3v) is 2.23. The molecular weight excluding hydrogens is 232 g/mol. The van der Waals surface area contributed by atoms with Crippen LogP contribution in [0.4, 0.5) is 5.69 Å². The molecule has 0 fully saturated rings. The Morgan fingerprint density at radius 2 is 2.28 bits per heavy atom. The topological polar surface area (TPSA) is 69.0 Å². The average molecular weight is 246 g/mol. The van der Waals surface area contributed by atoms with Crippen molar-refractivity contribution >= 4 is 11.6 Å². The largest absolute Gasteiger partial charge is 0.492 e. The van der Waals surface area contributed by atoms with E-state index >= 15 is 0 Å². The van der Waals surface area contributed by atoms with Crippen LogP contribution in [0.25, 0.3) is 0 Å². The van der Waals surface area contributed by atoms with E-state index in [9.17, 15) is 4.79 Å². The molecule has 1 N–H and O–H groups in total. The summed E-state index contributed by atoms with van der Waals surface area (Å²) < 4.78 is 6.88. The van der Waals surface area contributed by atoms with Crippen LogP contribution in [0.1, 0.15) is 6.92 Å². The number of carbonyl (C=O) groups is 1. The smallest absolute Gasteiger partial charge is 0.246 e. The summed E-state index contributed by atoms with van der Waals surface area (Å²) in [4.78, 5) is 15.6. The maximum atomic E-state index is 11.8. The van der Waals surface area contributed by atoms with Crippen molar-refractivity contribution in [2.45, 2.75) is 13.5 Å². The molecule has 6 heteroatoms. The Bertz CT molecular complexity index is 511. The number of hydrogen-bond donors (Lipinski definition) is 1. The van der Waals surface area contributed by atoms with E-state index in [0.29, 0.717) is 18.0 Å². The van der Waals surface area contributed by atoms with Gasteiger partial charge in [0.2, 0.25) is 5.91 Å². The predicted octanol–water partition coefficient (Wildman–Crippen LogP) is 1.32. The molecule has 0 unspecified atom stereocenters. The van der Waals surface area contributed by atoms with Gasteiger partial charge in [0.1, 0.15) is 24.9 Å². The molecule has 2 aromatic rings. The Kier molecular flexibility index (Phi) is 3.90. The number of benzene rings is 1. The molecule has 1 aromatic heterocycles.